The Labute approximate surface area is 178 Å². The SMILES string of the molecule is O=C(O)OC1=C(C(=O)Nc2sc3c(c2-c2ncccn2)CCCC3)C2CCC1CC2. The number of aryl methyl sites for hydroxylation is 1. The number of fused-ring (bicyclic) bond motifs is 3. The van der Waals surface area contributed by atoms with Gasteiger partial charge in [0, 0.05) is 23.2 Å². The maximum Gasteiger partial charge on any atom is 0.511 e. The number of nitrogens with one attached hydrogen (secondary N) is 1. The molecule has 8 heteroatoms. The number of anilines is 1. The zero-order valence-corrected chi connectivity index (χ0v) is 17.3. The molecule has 6 rings (SSSR count). The molecule has 2 aromatic heterocycles. The topological polar surface area (TPSA) is 101 Å². The highest BCUT2D eigenvalue weighted by molar-refractivity contribution is 7.17. The van der Waals surface area contributed by atoms with E-state index in [2.05, 4.69) is 15.3 Å². The minimum absolute atomic E-state index is 0.0142. The Bertz CT molecular complexity index is 1020. The fourth-order valence-electron chi connectivity index (χ4n) is 5.08. The molecule has 1 saturated carbocycles. The smallest absolute Gasteiger partial charge is 0.449 e. The first-order valence-corrected chi connectivity index (χ1v) is 11.3. The maximum absolute atomic E-state index is 13.4. The second kappa shape index (κ2) is 7.83. The fraction of sp³-hybridized carbons (Fsp3) is 0.455. The Morgan fingerprint density at radius 2 is 1.77 bits per heavy atom. The molecule has 156 valence electrons. The molecule has 0 saturated heterocycles. The number of allylic oxidation sites excluding steroid dienone is 1. The molecule has 30 heavy (non-hydrogen) atoms. The first-order valence-electron chi connectivity index (χ1n) is 10.5. The van der Waals surface area contributed by atoms with E-state index >= 15 is 0 Å². The van der Waals surface area contributed by atoms with Crippen molar-refractivity contribution in [3.63, 3.8) is 0 Å². The Balaban J connectivity index is 1.53. The molecule has 0 aliphatic heterocycles. The number of hydrogen-bond acceptors (Lipinski definition) is 6. The van der Waals surface area contributed by atoms with Gasteiger partial charge in [0.2, 0.25) is 0 Å². The van der Waals surface area contributed by atoms with E-state index in [1.165, 1.54) is 10.4 Å². The van der Waals surface area contributed by atoms with Crippen molar-refractivity contribution in [2.75, 3.05) is 5.32 Å². The minimum atomic E-state index is -1.35. The van der Waals surface area contributed by atoms with Gasteiger partial charge in [0.1, 0.15) is 10.8 Å². The molecule has 1 amide bonds. The molecule has 4 aliphatic rings. The van der Waals surface area contributed by atoms with Crippen molar-refractivity contribution < 1.29 is 19.4 Å². The van der Waals surface area contributed by atoms with Gasteiger partial charge in [0.05, 0.1) is 11.1 Å². The van der Waals surface area contributed by atoms with Crippen molar-refractivity contribution in [3.05, 3.63) is 40.2 Å². The third kappa shape index (κ3) is 3.39. The van der Waals surface area contributed by atoms with Gasteiger partial charge >= 0.3 is 6.16 Å². The van der Waals surface area contributed by atoms with Gasteiger partial charge in [-0.1, -0.05) is 0 Å². The van der Waals surface area contributed by atoms with Crippen molar-refractivity contribution in [2.45, 2.75) is 51.4 Å². The number of carbonyl (C=O) groups excluding carboxylic acids is 1. The summed E-state index contributed by atoms with van der Waals surface area (Å²) >= 11 is 1.59. The molecule has 2 N–H and O–H groups in total. The zero-order valence-electron chi connectivity index (χ0n) is 16.5. The summed E-state index contributed by atoms with van der Waals surface area (Å²) in [4.78, 5) is 34.8. The molecule has 2 heterocycles. The van der Waals surface area contributed by atoms with Gasteiger partial charge in [-0.25, -0.2) is 14.8 Å². The lowest BCUT2D eigenvalue weighted by Crippen LogP contribution is -2.34. The third-order valence-corrected chi connectivity index (χ3v) is 7.61. The largest absolute Gasteiger partial charge is 0.511 e. The van der Waals surface area contributed by atoms with Gasteiger partial charge in [-0.2, -0.15) is 0 Å². The molecular weight excluding hydrogens is 402 g/mol. The van der Waals surface area contributed by atoms with Crippen LogP contribution in [0.1, 0.15) is 49.0 Å². The number of rotatable bonds is 4. The molecule has 4 aliphatic carbocycles. The summed E-state index contributed by atoms with van der Waals surface area (Å²) < 4.78 is 5.11. The number of thiophene rings is 1. The number of hydrogen-bond donors (Lipinski definition) is 2. The van der Waals surface area contributed by atoms with Gasteiger partial charge in [-0.15, -0.1) is 11.3 Å². The van der Waals surface area contributed by atoms with Crippen molar-refractivity contribution in [1.29, 1.82) is 0 Å². The molecular formula is C22H23N3O4S. The van der Waals surface area contributed by atoms with E-state index in [0.717, 1.165) is 61.9 Å². The Hall–Kier alpha value is -2.74. The standard InChI is InChI=1S/C22H23N3O4S/c26-20(16-12-6-8-13(9-7-12)18(16)29-22(27)28)25-21-17(19-23-10-3-11-24-19)14-4-1-2-5-15(14)30-21/h3,10-13H,1-2,4-9H2,(H,25,26)(H,27,28). The number of aromatic nitrogens is 2. The van der Waals surface area contributed by atoms with Crippen LogP contribution in [0, 0.1) is 11.8 Å². The number of carbonyl (C=O) groups is 2. The van der Waals surface area contributed by atoms with Crippen LogP contribution in [0.3, 0.4) is 0 Å². The summed E-state index contributed by atoms with van der Waals surface area (Å²) in [5.41, 5.74) is 2.64. The molecule has 0 atom stereocenters. The van der Waals surface area contributed by atoms with Crippen LogP contribution in [0.4, 0.5) is 9.80 Å². The van der Waals surface area contributed by atoms with Crippen LogP contribution in [-0.4, -0.2) is 27.1 Å². The quantitative estimate of drug-likeness (QED) is 0.683. The summed E-state index contributed by atoms with van der Waals surface area (Å²) in [6.07, 6.45) is 9.82. The summed E-state index contributed by atoms with van der Waals surface area (Å²) in [6.45, 7) is 0. The predicted molar refractivity (Wildman–Crippen MR) is 112 cm³/mol. The number of amides is 1. The Morgan fingerprint density at radius 1 is 1.07 bits per heavy atom. The van der Waals surface area contributed by atoms with Crippen molar-refractivity contribution >= 4 is 28.4 Å². The monoisotopic (exact) mass is 425 g/mol. The highest BCUT2D eigenvalue weighted by atomic mass is 32.1. The van der Waals surface area contributed by atoms with Gasteiger partial charge < -0.3 is 15.2 Å². The van der Waals surface area contributed by atoms with E-state index in [-0.39, 0.29) is 17.7 Å². The summed E-state index contributed by atoms with van der Waals surface area (Å²) in [5.74, 6) is 0.779. The van der Waals surface area contributed by atoms with Crippen LogP contribution >= 0.6 is 11.3 Å². The van der Waals surface area contributed by atoms with E-state index in [4.69, 9.17) is 4.74 Å². The molecule has 0 spiro atoms. The molecule has 0 radical (unpaired) electrons. The third-order valence-electron chi connectivity index (χ3n) is 6.40. The highest BCUT2D eigenvalue weighted by Crippen LogP contribution is 2.47. The molecule has 0 aromatic carbocycles. The second-order valence-electron chi connectivity index (χ2n) is 8.14. The van der Waals surface area contributed by atoms with Gasteiger partial charge in [0.15, 0.2) is 5.82 Å². The molecule has 2 aromatic rings. The lowest BCUT2D eigenvalue weighted by molar-refractivity contribution is -0.114. The van der Waals surface area contributed by atoms with Gasteiger partial charge in [0.25, 0.3) is 5.91 Å². The molecule has 0 unspecified atom stereocenters. The van der Waals surface area contributed by atoms with Crippen molar-refractivity contribution in [3.8, 4) is 11.4 Å². The molecule has 1 fully saturated rings. The predicted octanol–water partition coefficient (Wildman–Crippen LogP) is 4.79. The number of ether oxygens (including phenoxy) is 1. The summed E-state index contributed by atoms with van der Waals surface area (Å²) in [7, 11) is 0. The number of nitrogens with zero attached hydrogens (tertiary/aromatic N) is 2. The van der Waals surface area contributed by atoms with Crippen LogP contribution in [0.5, 0.6) is 0 Å². The van der Waals surface area contributed by atoms with Gasteiger partial charge in [-0.05, 0) is 68.9 Å². The molecule has 2 bridgehead atoms. The average Bonchev–Trinajstić information content (AvgIpc) is 3.12. The molecule has 7 nitrogen and oxygen atoms in total. The zero-order chi connectivity index (χ0) is 20.7. The summed E-state index contributed by atoms with van der Waals surface area (Å²) in [5, 5.41) is 13.0. The van der Waals surface area contributed by atoms with Crippen molar-refractivity contribution in [1.82, 2.24) is 9.97 Å². The van der Waals surface area contributed by atoms with Crippen LogP contribution in [0.25, 0.3) is 11.4 Å². The van der Waals surface area contributed by atoms with Gasteiger partial charge in [-0.3, -0.25) is 4.79 Å². The Kier molecular flexibility index (Phi) is 5.02. The van der Waals surface area contributed by atoms with E-state index < -0.39 is 6.16 Å². The van der Waals surface area contributed by atoms with E-state index in [0.29, 0.717) is 17.2 Å². The van der Waals surface area contributed by atoms with Crippen LogP contribution in [0.2, 0.25) is 0 Å². The lowest BCUT2D eigenvalue weighted by atomic mass is 9.70. The van der Waals surface area contributed by atoms with Crippen molar-refractivity contribution in [2.24, 2.45) is 11.8 Å². The number of carboxylic acid groups (broad SMARTS) is 1. The van der Waals surface area contributed by atoms with E-state index in [1.54, 1.807) is 29.8 Å². The second-order valence-corrected chi connectivity index (χ2v) is 9.24. The average molecular weight is 426 g/mol. The van der Waals surface area contributed by atoms with Crippen LogP contribution < -0.4 is 5.32 Å². The normalized spacial score (nSPS) is 22.5. The summed E-state index contributed by atoms with van der Waals surface area (Å²) in [6, 6.07) is 1.78. The lowest BCUT2D eigenvalue weighted by Gasteiger charge is -2.37. The Morgan fingerprint density at radius 3 is 2.50 bits per heavy atom. The van der Waals surface area contributed by atoms with Crippen LogP contribution in [0.15, 0.2) is 29.8 Å². The minimum Gasteiger partial charge on any atom is -0.449 e. The highest BCUT2D eigenvalue weighted by Gasteiger charge is 2.41. The van der Waals surface area contributed by atoms with Crippen LogP contribution in [-0.2, 0) is 22.4 Å². The van der Waals surface area contributed by atoms with E-state index in [9.17, 15) is 14.7 Å². The van der Waals surface area contributed by atoms with E-state index in [1.807, 2.05) is 0 Å². The first-order chi connectivity index (χ1) is 14.6. The first kappa shape index (κ1) is 19.2. The fourth-order valence-corrected chi connectivity index (χ4v) is 6.36. The maximum atomic E-state index is 13.4.